The minimum Gasteiger partial charge on any atom is -0.378 e. The summed E-state index contributed by atoms with van der Waals surface area (Å²) in [6.45, 7) is 4.35. The standard InChI is InChI=1S/C10H9Br2N3O/c1-3-4-15-10(16)9(12)8(6-14-15)13-5-7(2)11/h1,6,13H,2,4-5H2. The number of nitrogens with one attached hydrogen (secondary N) is 1. The molecule has 0 saturated heterocycles. The lowest BCUT2D eigenvalue weighted by Gasteiger charge is -2.08. The molecule has 16 heavy (non-hydrogen) atoms. The number of anilines is 1. The molecule has 0 aromatic carbocycles. The van der Waals surface area contributed by atoms with Crippen molar-refractivity contribution in [2.45, 2.75) is 6.54 Å². The third kappa shape index (κ3) is 3.22. The van der Waals surface area contributed by atoms with Crippen molar-refractivity contribution >= 4 is 37.5 Å². The van der Waals surface area contributed by atoms with Crippen LogP contribution in [0.15, 0.2) is 26.5 Å². The molecule has 84 valence electrons. The van der Waals surface area contributed by atoms with Gasteiger partial charge in [0.25, 0.3) is 5.56 Å². The van der Waals surface area contributed by atoms with Gasteiger partial charge in [0.1, 0.15) is 11.0 Å². The van der Waals surface area contributed by atoms with Gasteiger partial charge in [-0.15, -0.1) is 6.42 Å². The first-order valence-corrected chi connectivity index (χ1v) is 5.91. The molecule has 1 heterocycles. The minimum absolute atomic E-state index is 0.156. The first kappa shape index (κ1) is 13.0. The van der Waals surface area contributed by atoms with Crippen molar-refractivity contribution in [1.29, 1.82) is 0 Å². The fourth-order valence-electron chi connectivity index (χ4n) is 0.979. The fraction of sp³-hybridized carbons (Fsp3) is 0.200. The minimum atomic E-state index is -0.261. The Balaban J connectivity index is 2.99. The summed E-state index contributed by atoms with van der Waals surface area (Å²) in [7, 11) is 0. The van der Waals surface area contributed by atoms with Crippen LogP contribution in [0.5, 0.6) is 0 Å². The van der Waals surface area contributed by atoms with Gasteiger partial charge < -0.3 is 5.32 Å². The van der Waals surface area contributed by atoms with Crippen molar-refractivity contribution < 1.29 is 0 Å². The summed E-state index contributed by atoms with van der Waals surface area (Å²) in [5.74, 6) is 2.36. The zero-order chi connectivity index (χ0) is 12.1. The zero-order valence-electron chi connectivity index (χ0n) is 8.33. The van der Waals surface area contributed by atoms with E-state index in [0.717, 1.165) is 4.48 Å². The van der Waals surface area contributed by atoms with Crippen LogP contribution in [0, 0.1) is 12.3 Å². The first-order chi connectivity index (χ1) is 7.56. The second kappa shape index (κ2) is 5.87. The van der Waals surface area contributed by atoms with Crippen LogP contribution in [0.1, 0.15) is 0 Å². The van der Waals surface area contributed by atoms with Crippen LogP contribution >= 0.6 is 31.9 Å². The highest BCUT2D eigenvalue weighted by molar-refractivity contribution is 9.11. The Morgan fingerprint density at radius 2 is 2.44 bits per heavy atom. The molecule has 1 aromatic rings. The zero-order valence-corrected chi connectivity index (χ0v) is 11.5. The van der Waals surface area contributed by atoms with Gasteiger partial charge in [-0.25, -0.2) is 4.68 Å². The van der Waals surface area contributed by atoms with Gasteiger partial charge in [0.2, 0.25) is 0 Å². The van der Waals surface area contributed by atoms with Gasteiger partial charge in [-0.2, -0.15) is 5.10 Å². The number of nitrogens with zero attached hydrogens (tertiary/aromatic N) is 2. The molecule has 0 fully saturated rings. The van der Waals surface area contributed by atoms with Gasteiger partial charge in [0, 0.05) is 11.0 Å². The largest absolute Gasteiger partial charge is 0.378 e. The molecular formula is C10H9Br2N3O. The molecule has 0 spiro atoms. The van der Waals surface area contributed by atoms with Gasteiger partial charge in [0.05, 0.1) is 11.9 Å². The summed E-state index contributed by atoms with van der Waals surface area (Å²) in [4.78, 5) is 11.7. The highest BCUT2D eigenvalue weighted by atomic mass is 79.9. The SMILES string of the molecule is C#CCn1ncc(NCC(=C)Br)c(Br)c1=O. The number of rotatable bonds is 4. The number of halogens is 2. The Morgan fingerprint density at radius 3 is 3.00 bits per heavy atom. The lowest BCUT2D eigenvalue weighted by atomic mass is 10.4. The number of aromatic nitrogens is 2. The molecule has 4 nitrogen and oxygen atoms in total. The van der Waals surface area contributed by atoms with Gasteiger partial charge in [-0.1, -0.05) is 28.4 Å². The molecule has 6 heteroatoms. The number of hydrogen-bond donors (Lipinski definition) is 1. The van der Waals surface area contributed by atoms with E-state index in [0.29, 0.717) is 16.7 Å². The second-order valence-corrected chi connectivity index (χ2v) is 4.82. The predicted molar refractivity (Wildman–Crippen MR) is 71.6 cm³/mol. The van der Waals surface area contributed by atoms with Crippen molar-refractivity contribution in [3.63, 3.8) is 0 Å². The van der Waals surface area contributed by atoms with Crippen LogP contribution in [0.25, 0.3) is 0 Å². The molecule has 0 atom stereocenters. The predicted octanol–water partition coefficient (Wildman–Crippen LogP) is 1.96. The van der Waals surface area contributed by atoms with E-state index in [1.807, 2.05) is 0 Å². The summed E-state index contributed by atoms with van der Waals surface area (Å²) in [5.41, 5.74) is 0.349. The van der Waals surface area contributed by atoms with Crippen molar-refractivity contribution in [1.82, 2.24) is 9.78 Å². The Labute approximate surface area is 110 Å². The molecular weight excluding hydrogens is 338 g/mol. The summed E-state index contributed by atoms with van der Waals surface area (Å²) in [6, 6.07) is 0. The van der Waals surface area contributed by atoms with Crippen LogP contribution in [-0.2, 0) is 6.54 Å². The van der Waals surface area contributed by atoms with Crippen molar-refractivity contribution in [3.05, 3.63) is 32.1 Å². The highest BCUT2D eigenvalue weighted by Gasteiger charge is 2.07. The summed E-state index contributed by atoms with van der Waals surface area (Å²) >= 11 is 6.41. The van der Waals surface area contributed by atoms with Crippen LogP contribution in [0.4, 0.5) is 5.69 Å². The summed E-state index contributed by atoms with van der Waals surface area (Å²) in [6.07, 6.45) is 6.66. The summed E-state index contributed by atoms with van der Waals surface area (Å²) in [5, 5.41) is 6.93. The van der Waals surface area contributed by atoms with E-state index in [4.69, 9.17) is 6.42 Å². The molecule has 0 radical (unpaired) electrons. The van der Waals surface area contributed by atoms with E-state index in [9.17, 15) is 4.79 Å². The van der Waals surface area contributed by atoms with Gasteiger partial charge in [-0.05, 0) is 15.9 Å². The van der Waals surface area contributed by atoms with Crippen LogP contribution < -0.4 is 10.9 Å². The molecule has 0 saturated carbocycles. The monoisotopic (exact) mass is 345 g/mol. The molecule has 0 bridgehead atoms. The molecule has 1 aromatic heterocycles. The van der Waals surface area contributed by atoms with E-state index in [-0.39, 0.29) is 12.1 Å². The molecule has 0 aliphatic carbocycles. The Morgan fingerprint density at radius 1 is 1.75 bits per heavy atom. The van der Waals surface area contributed by atoms with Gasteiger partial charge in [-0.3, -0.25) is 4.79 Å². The summed E-state index contributed by atoms with van der Waals surface area (Å²) < 4.78 is 2.40. The van der Waals surface area contributed by atoms with Crippen molar-refractivity contribution in [2.75, 3.05) is 11.9 Å². The maximum atomic E-state index is 11.7. The van der Waals surface area contributed by atoms with Crippen LogP contribution in [-0.4, -0.2) is 16.3 Å². The Bertz CT molecular complexity index is 502. The maximum absolute atomic E-state index is 11.7. The topological polar surface area (TPSA) is 46.9 Å². The molecule has 0 amide bonds. The molecule has 1 N–H and O–H groups in total. The van der Waals surface area contributed by atoms with E-state index < -0.39 is 0 Å². The first-order valence-electron chi connectivity index (χ1n) is 4.32. The molecule has 1 rings (SSSR count). The van der Waals surface area contributed by atoms with E-state index in [2.05, 4.69) is 54.8 Å². The average Bonchev–Trinajstić information content (AvgIpc) is 2.24. The van der Waals surface area contributed by atoms with Crippen LogP contribution in [0.3, 0.4) is 0 Å². The second-order valence-electron chi connectivity index (χ2n) is 2.91. The smallest absolute Gasteiger partial charge is 0.284 e. The van der Waals surface area contributed by atoms with E-state index in [1.165, 1.54) is 4.68 Å². The highest BCUT2D eigenvalue weighted by Crippen LogP contribution is 2.16. The third-order valence-electron chi connectivity index (χ3n) is 1.70. The van der Waals surface area contributed by atoms with Crippen LogP contribution in [0.2, 0.25) is 0 Å². The van der Waals surface area contributed by atoms with Crippen molar-refractivity contribution in [3.8, 4) is 12.3 Å². The lowest BCUT2D eigenvalue weighted by Crippen LogP contribution is -2.24. The number of hydrogen-bond acceptors (Lipinski definition) is 3. The normalized spacial score (nSPS) is 9.56. The Hall–Kier alpha value is -1.06. The van der Waals surface area contributed by atoms with E-state index in [1.54, 1.807) is 6.20 Å². The Kier molecular flexibility index (Phi) is 4.77. The number of terminal acetylenes is 1. The van der Waals surface area contributed by atoms with Gasteiger partial charge in [0.15, 0.2) is 0 Å². The fourth-order valence-corrected chi connectivity index (χ4v) is 1.57. The third-order valence-corrected chi connectivity index (χ3v) is 2.74. The van der Waals surface area contributed by atoms with Gasteiger partial charge >= 0.3 is 0 Å². The molecule has 0 aliphatic heterocycles. The molecule has 0 unspecified atom stereocenters. The lowest BCUT2D eigenvalue weighted by molar-refractivity contribution is 0.660. The quantitative estimate of drug-likeness (QED) is 0.848. The molecule has 0 aliphatic rings. The average molecular weight is 347 g/mol. The van der Waals surface area contributed by atoms with E-state index >= 15 is 0 Å². The maximum Gasteiger partial charge on any atom is 0.284 e. The van der Waals surface area contributed by atoms with Crippen molar-refractivity contribution in [2.24, 2.45) is 0 Å².